The van der Waals surface area contributed by atoms with Crippen molar-refractivity contribution in [1.82, 2.24) is 10.2 Å². The zero-order chi connectivity index (χ0) is 23.4. The lowest BCUT2D eigenvalue weighted by Gasteiger charge is -2.39. The average molecular weight is 477 g/mol. The first kappa shape index (κ1) is 23.3. The molecule has 1 atom stereocenters. The van der Waals surface area contributed by atoms with E-state index in [1.54, 1.807) is 0 Å². The van der Waals surface area contributed by atoms with Crippen molar-refractivity contribution in [3.05, 3.63) is 94.0 Å². The number of ether oxygens (including phenoxy) is 1. The summed E-state index contributed by atoms with van der Waals surface area (Å²) in [5, 5.41) is 4.00. The highest BCUT2D eigenvalue weighted by molar-refractivity contribution is 6.30. The molecule has 0 aromatic heterocycles. The Morgan fingerprint density at radius 1 is 1.15 bits per heavy atom. The Labute approximate surface area is 207 Å². The normalized spacial score (nSPS) is 20.1. The van der Waals surface area contributed by atoms with E-state index < -0.39 is 0 Å². The molecule has 5 rings (SSSR count). The average Bonchev–Trinajstić information content (AvgIpc) is 3.21. The number of amides is 1. The fourth-order valence-electron chi connectivity index (χ4n) is 5.60. The number of carbonyl (C=O) groups is 1. The Morgan fingerprint density at radius 2 is 1.97 bits per heavy atom. The molecule has 0 radical (unpaired) electrons. The fraction of sp³-hybridized carbons (Fsp3) is 0.414. The van der Waals surface area contributed by atoms with Crippen molar-refractivity contribution >= 4 is 17.5 Å². The lowest BCUT2D eigenvalue weighted by molar-refractivity contribution is -0.121. The minimum absolute atomic E-state index is 0.109. The molecule has 2 heterocycles. The first-order valence-electron chi connectivity index (χ1n) is 12.5. The fourth-order valence-corrected chi connectivity index (χ4v) is 5.77. The van der Waals surface area contributed by atoms with E-state index in [1.165, 1.54) is 16.7 Å². The molecule has 2 aromatic rings. The van der Waals surface area contributed by atoms with Crippen LogP contribution < -0.4 is 5.32 Å². The van der Waals surface area contributed by atoms with E-state index in [4.69, 9.17) is 16.3 Å². The first-order chi connectivity index (χ1) is 16.6. The van der Waals surface area contributed by atoms with Gasteiger partial charge >= 0.3 is 0 Å². The SMILES string of the molecule is O=C(NCCCN1CCC2(CC1)OCc1ccc(Cl)cc12)C(C1=CC=CCC1)c1ccccc1. The number of benzene rings is 2. The largest absolute Gasteiger partial charge is 0.365 e. The summed E-state index contributed by atoms with van der Waals surface area (Å²) in [6.45, 7) is 4.38. The number of fused-ring (bicyclic) bond motifs is 2. The van der Waals surface area contributed by atoms with Crippen molar-refractivity contribution < 1.29 is 9.53 Å². The molecule has 1 N–H and O–H groups in total. The topological polar surface area (TPSA) is 41.6 Å². The Kier molecular flexibility index (Phi) is 7.19. The van der Waals surface area contributed by atoms with Gasteiger partial charge in [-0.05, 0) is 67.5 Å². The van der Waals surface area contributed by atoms with Crippen LogP contribution in [0.15, 0.2) is 72.3 Å². The first-order valence-corrected chi connectivity index (χ1v) is 12.9. The number of nitrogens with zero attached hydrogens (tertiary/aromatic N) is 1. The smallest absolute Gasteiger partial charge is 0.231 e. The van der Waals surface area contributed by atoms with Gasteiger partial charge in [-0.25, -0.2) is 0 Å². The van der Waals surface area contributed by atoms with Crippen LogP contribution in [-0.2, 0) is 21.7 Å². The number of hydrogen-bond acceptors (Lipinski definition) is 3. The summed E-state index contributed by atoms with van der Waals surface area (Å²) in [6.07, 6.45) is 11.2. The van der Waals surface area contributed by atoms with Crippen molar-refractivity contribution in [2.24, 2.45) is 0 Å². The number of rotatable bonds is 7. The minimum Gasteiger partial charge on any atom is -0.365 e. The molecule has 1 spiro atoms. The Morgan fingerprint density at radius 3 is 2.74 bits per heavy atom. The van der Waals surface area contributed by atoms with Gasteiger partial charge in [0.15, 0.2) is 0 Å². The molecule has 2 aliphatic heterocycles. The zero-order valence-electron chi connectivity index (χ0n) is 19.6. The number of likely N-dealkylation sites (tertiary alicyclic amines) is 1. The van der Waals surface area contributed by atoms with Gasteiger partial charge in [0.25, 0.3) is 0 Å². The van der Waals surface area contributed by atoms with Crippen LogP contribution in [-0.4, -0.2) is 37.0 Å². The van der Waals surface area contributed by atoms with Crippen LogP contribution in [0.2, 0.25) is 5.02 Å². The van der Waals surface area contributed by atoms with Crippen LogP contribution in [0.1, 0.15) is 54.7 Å². The lowest BCUT2D eigenvalue weighted by atomic mass is 9.84. The number of piperidine rings is 1. The second-order valence-electron chi connectivity index (χ2n) is 9.62. The lowest BCUT2D eigenvalue weighted by Crippen LogP contribution is -2.43. The van der Waals surface area contributed by atoms with Gasteiger partial charge < -0.3 is 15.0 Å². The molecule has 178 valence electrons. The highest BCUT2D eigenvalue weighted by atomic mass is 35.5. The minimum atomic E-state index is -0.201. The van der Waals surface area contributed by atoms with Crippen LogP contribution >= 0.6 is 11.6 Å². The third kappa shape index (κ3) is 5.00. The van der Waals surface area contributed by atoms with Crippen LogP contribution in [0, 0.1) is 0 Å². The summed E-state index contributed by atoms with van der Waals surface area (Å²) < 4.78 is 6.29. The molecule has 5 heteroatoms. The molecule has 0 saturated carbocycles. The van der Waals surface area contributed by atoms with Gasteiger partial charge in [-0.3, -0.25) is 4.79 Å². The quantitative estimate of drug-likeness (QED) is 0.519. The predicted molar refractivity (Wildman–Crippen MR) is 137 cm³/mol. The highest BCUT2D eigenvalue weighted by Gasteiger charge is 2.42. The Balaban J connectivity index is 1.12. The second-order valence-corrected chi connectivity index (χ2v) is 10.1. The van der Waals surface area contributed by atoms with Gasteiger partial charge in [0.05, 0.1) is 18.1 Å². The maximum absolute atomic E-state index is 13.2. The molecule has 0 bridgehead atoms. The van der Waals surface area contributed by atoms with Gasteiger partial charge in [0.1, 0.15) is 0 Å². The molecule has 4 nitrogen and oxygen atoms in total. The Bertz CT molecular complexity index is 1070. The second kappa shape index (κ2) is 10.5. The molecule has 3 aliphatic rings. The van der Waals surface area contributed by atoms with E-state index in [1.807, 2.05) is 24.3 Å². The molecule has 1 aliphatic carbocycles. The number of hydrogen-bond donors (Lipinski definition) is 1. The summed E-state index contributed by atoms with van der Waals surface area (Å²) >= 11 is 6.27. The van der Waals surface area contributed by atoms with E-state index >= 15 is 0 Å². The summed E-state index contributed by atoms with van der Waals surface area (Å²) in [4.78, 5) is 15.7. The predicted octanol–water partition coefficient (Wildman–Crippen LogP) is 5.73. The van der Waals surface area contributed by atoms with Crippen molar-refractivity contribution in [1.29, 1.82) is 0 Å². The number of halogens is 1. The summed E-state index contributed by atoms with van der Waals surface area (Å²) in [6, 6.07) is 16.3. The van der Waals surface area contributed by atoms with E-state index in [0.717, 1.165) is 62.3 Å². The molecule has 1 saturated heterocycles. The van der Waals surface area contributed by atoms with Crippen LogP contribution in [0.3, 0.4) is 0 Å². The maximum Gasteiger partial charge on any atom is 0.231 e. The molecule has 1 amide bonds. The van der Waals surface area contributed by atoms with Gasteiger partial charge in [0.2, 0.25) is 5.91 Å². The van der Waals surface area contributed by atoms with Crippen molar-refractivity contribution in [2.45, 2.75) is 50.2 Å². The molecular weight excluding hydrogens is 444 g/mol. The van der Waals surface area contributed by atoms with Crippen LogP contribution in [0.25, 0.3) is 0 Å². The Hall–Kier alpha value is -2.40. The molecular formula is C29H33ClN2O2. The van der Waals surface area contributed by atoms with Gasteiger partial charge in [-0.15, -0.1) is 0 Å². The van der Waals surface area contributed by atoms with Crippen LogP contribution in [0.4, 0.5) is 0 Å². The molecule has 1 unspecified atom stereocenters. The van der Waals surface area contributed by atoms with Crippen LogP contribution in [0.5, 0.6) is 0 Å². The summed E-state index contributed by atoms with van der Waals surface area (Å²) in [5.74, 6) is -0.0920. The number of nitrogens with one attached hydrogen (secondary N) is 1. The number of allylic oxidation sites excluding steroid dienone is 3. The highest BCUT2D eigenvalue weighted by Crippen LogP contribution is 2.45. The van der Waals surface area contributed by atoms with Crippen molar-refractivity contribution in [3.8, 4) is 0 Å². The number of carbonyl (C=O) groups excluding carboxylic acids is 1. The summed E-state index contributed by atoms with van der Waals surface area (Å²) in [7, 11) is 0. The van der Waals surface area contributed by atoms with E-state index in [-0.39, 0.29) is 17.4 Å². The van der Waals surface area contributed by atoms with Crippen molar-refractivity contribution in [2.75, 3.05) is 26.2 Å². The third-order valence-corrected chi connectivity index (χ3v) is 7.73. The molecule has 34 heavy (non-hydrogen) atoms. The van der Waals surface area contributed by atoms with Crippen molar-refractivity contribution in [3.63, 3.8) is 0 Å². The molecule has 1 fully saturated rings. The zero-order valence-corrected chi connectivity index (χ0v) is 20.4. The monoisotopic (exact) mass is 476 g/mol. The standard InChI is InChI=1S/C29H33ClN2O2/c30-25-13-12-24-21-34-29(26(24)20-25)14-18-32(19-15-29)17-7-16-31-28(33)27(22-8-3-1-4-9-22)23-10-5-2-6-11-23/h1-5,8-10,12-13,20,27H,6-7,11,14-19,21H2,(H,31,33). The molecule has 2 aromatic carbocycles. The van der Waals surface area contributed by atoms with Gasteiger partial charge in [-0.2, -0.15) is 0 Å². The third-order valence-electron chi connectivity index (χ3n) is 7.49. The summed E-state index contributed by atoms with van der Waals surface area (Å²) in [5.41, 5.74) is 4.66. The van der Waals surface area contributed by atoms with Gasteiger partial charge in [0, 0.05) is 24.7 Å². The van der Waals surface area contributed by atoms with E-state index in [0.29, 0.717) is 13.2 Å². The van der Waals surface area contributed by atoms with E-state index in [9.17, 15) is 4.79 Å². The van der Waals surface area contributed by atoms with Gasteiger partial charge in [-0.1, -0.05) is 71.8 Å². The van der Waals surface area contributed by atoms with E-state index in [2.05, 4.69) is 52.7 Å². The maximum atomic E-state index is 13.2.